The number of hydrogen-bond donors (Lipinski definition) is 0. The van der Waals surface area contributed by atoms with Crippen molar-refractivity contribution in [3.63, 3.8) is 0 Å². The normalized spacial score (nSPS) is 9.18. The van der Waals surface area contributed by atoms with Gasteiger partial charge in [0.25, 0.3) is 0 Å². The summed E-state index contributed by atoms with van der Waals surface area (Å²) in [5.41, 5.74) is 3.40. The second-order valence-corrected chi connectivity index (χ2v) is 2.64. The molecule has 0 amide bonds. The minimum Gasteiger partial charge on any atom is -0.192 e. The van der Waals surface area contributed by atoms with E-state index in [0.29, 0.717) is 5.56 Å². The van der Waals surface area contributed by atoms with Crippen LogP contribution in [-0.4, -0.2) is 7.85 Å². The van der Waals surface area contributed by atoms with Crippen LogP contribution in [0.2, 0.25) is 0 Å². The highest BCUT2D eigenvalue weighted by Gasteiger charge is 1.98. The van der Waals surface area contributed by atoms with Gasteiger partial charge in [0.2, 0.25) is 0 Å². The molecule has 0 atom stereocenters. The molecule has 1 aromatic carbocycles. The zero-order valence-electron chi connectivity index (χ0n) is 6.68. The van der Waals surface area contributed by atoms with Crippen LogP contribution in [0.3, 0.4) is 0 Å². The van der Waals surface area contributed by atoms with Gasteiger partial charge in [0, 0.05) is 0 Å². The van der Waals surface area contributed by atoms with E-state index in [0.717, 1.165) is 16.6 Å². The highest BCUT2D eigenvalue weighted by molar-refractivity contribution is 6.34. The molecule has 0 N–H and O–H groups in total. The summed E-state index contributed by atoms with van der Waals surface area (Å²) < 4.78 is 0. The van der Waals surface area contributed by atoms with Gasteiger partial charge in [-0.2, -0.15) is 5.26 Å². The third-order valence-corrected chi connectivity index (χ3v) is 1.72. The first-order valence-corrected chi connectivity index (χ1v) is 3.42. The lowest BCUT2D eigenvalue weighted by molar-refractivity contribution is 1.39. The fraction of sp³-hybridized carbons (Fsp3) is 0.222. The van der Waals surface area contributed by atoms with Crippen LogP contribution in [0.4, 0.5) is 0 Å². The second-order valence-electron chi connectivity index (χ2n) is 2.64. The highest BCUT2D eigenvalue weighted by Crippen LogP contribution is 2.03. The molecule has 2 heteroatoms. The minimum absolute atomic E-state index is 0.675. The van der Waals surface area contributed by atoms with Gasteiger partial charge in [-0.3, -0.25) is 0 Å². The Balaban J connectivity index is 3.35. The van der Waals surface area contributed by atoms with Crippen molar-refractivity contribution in [2.75, 3.05) is 0 Å². The Morgan fingerprint density at radius 2 is 1.73 bits per heavy atom. The molecule has 0 unspecified atom stereocenters. The zero-order chi connectivity index (χ0) is 8.43. The van der Waals surface area contributed by atoms with Crippen LogP contribution in [0.5, 0.6) is 0 Å². The molecule has 0 spiro atoms. The van der Waals surface area contributed by atoms with Gasteiger partial charge in [0.15, 0.2) is 0 Å². The quantitative estimate of drug-likeness (QED) is 0.493. The molecule has 1 aromatic rings. The van der Waals surface area contributed by atoms with E-state index in [4.69, 9.17) is 13.1 Å². The Morgan fingerprint density at radius 1 is 1.27 bits per heavy atom. The van der Waals surface area contributed by atoms with Crippen molar-refractivity contribution in [2.24, 2.45) is 0 Å². The van der Waals surface area contributed by atoms with Gasteiger partial charge in [-0.25, -0.2) is 0 Å². The Hall–Kier alpha value is -1.23. The van der Waals surface area contributed by atoms with Gasteiger partial charge >= 0.3 is 0 Å². The lowest BCUT2D eigenvalue weighted by atomic mass is 9.86. The first-order valence-electron chi connectivity index (χ1n) is 3.42. The molecule has 0 fully saturated rings. The molecule has 1 nitrogen and oxygen atoms in total. The topological polar surface area (TPSA) is 23.8 Å². The predicted molar refractivity (Wildman–Crippen MR) is 46.0 cm³/mol. The van der Waals surface area contributed by atoms with E-state index in [-0.39, 0.29) is 0 Å². The smallest absolute Gasteiger partial charge is 0.114 e. The van der Waals surface area contributed by atoms with E-state index < -0.39 is 0 Å². The average molecular weight is 141 g/mol. The van der Waals surface area contributed by atoms with Crippen LogP contribution < -0.4 is 5.46 Å². The monoisotopic (exact) mass is 141 g/mol. The largest absolute Gasteiger partial charge is 0.192 e. The Labute approximate surface area is 68.1 Å². The van der Waals surface area contributed by atoms with Crippen molar-refractivity contribution in [3.8, 4) is 6.07 Å². The molecule has 0 aliphatic rings. The first kappa shape index (κ1) is 7.88. The maximum absolute atomic E-state index is 8.59. The summed E-state index contributed by atoms with van der Waals surface area (Å²) in [6, 6.07) is 5.67. The predicted octanol–water partition coefficient (Wildman–Crippen LogP) is 0.969. The molecule has 11 heavy (non-hydrogen) atoms. The summed E-state index contributed by atoms with van der Waals surface area (Å²) in [5.74, 6) is 0. The summed E-state index contributed by atoms with van der Waals surface area (Å²) in [7, 11) is 5.70. The number of benzene rings is 1. The summed E-state index contributed by atoms with van der Waals surface area (Å²) in [6.45, 7) is 3.81. The number of hydrogen-bond acceptors (Lipinski definition) is 1. The molecule has 0 aliphatic heterocycles. The van der Waals surface area contributed by atoms with Gasteiger partial charge < -0.3 is 0 Å². The summed E-state index contributed by atoms with van der Waals surface area (Å²) in [6.07, 6.45) is 0. The van der Waals surface area contributed by atoms with Gasteiger partial charge in [0.1, 0.15) is 7.85 Å². The van der Waals surface area contributed by atoms with E-state index >= 15 is 0 Å². The Kier molecular flexibility index (Phi) is 2.00. The Morgan fingerprint density at radius 3 is 2.09 bits per heavy atom. The number of rotatable bonds is 0. The molecular formula is C9H8BN. The molecule has 0 aromatic heterocycles. The fourth-order valence-corrected chi connectivity index (χ4v) is 1.04. The number of nitriles is 1. The van der Waals surface area contributed by atoms with Crippen LogP contribution in [0, 0.1) is 25.2 Å². The van der Waals surface area contributed by atoms with Crippen LogP contribution in [0.15, 0.2) is 12.1 Å². The molecule has 0 bridgehead atoms. The summed E-state index contributed by atoms with van der Waals surface area (Å²) in [4.78, 5) is 0. The molecule has 1 rings (SSSR count). The lowest BCUT2D eigenvalue weighted by Crippen LogP contribution is -2.11. The van der Waals surface area contributed by atoms with Crippen molar-refractivity contribution in [3.05, 3.63) is 28.8 Å². The van der Waals surface area contributed by atoms with E-state index in [1.165, 1.54) is 0 Å². The van der Waals surface area contributed by atoms with Crippen LogP contribution in [0.25, 0.3) is 0 Å². The van der Waals surface area contributed by atoms with Gasteiger partial charge in [0.05, 0.1) is 11.6 Å². The molecule has 0 saturated carbocycles. The van der Waals surface area contributed by atoms with Crippen molar-refractivity contribution in [2.45, 2.75) is 13.8 Å². The van der Waals surface area contributed by atoms with Gasteiger partial charge in [-0.15, -0.1) is 0 Å². The third-order valence-electron chi connectivity index (χ3n) is 1.72. The van der Waals surface area contributed by atoms with Gasteiger partial charge in [-0.1, -0.05) is 16.6 Å². The number of aryl methyl sites for hydroxylation is 2. The van der Waals surface area contributed by atoms with Crippen LogP contribution in [0.1, 0.15) is 16.7 Å². The lowest BCUT2D eigenvalue weighted by Gasteiger charge is -2.04. The van der Waals surface area contributed by atoms with Crippen molar-refractivity contribution in [1.82, 2.24) is 0 Å². The molecule has 2 radical (unpaired) electrons. The SMILES string of the molecule is [B]c1c(C)cc(C#N)cc1C. The number of nitrogens with zero attached hydrogens (tertiary/aromatic N) is 1. The van der Waals surface area contributed by atoms with Crippen molar-refractivity contribution in [1.29, 1.82) is 5.26 Å². The zero-order valence-corrected chi connectivity index (χ0v) is 6.68. The molecule has 52 valence electrons. The van der Waals surface area contributed by atoms with Gasteiger partial charge in [-0.05, 0) is 26.0 Å². The van der Waals surface area contributed by atoms with E-state index in [1.807, 2.05) is 13.8 Å². The van der Waals surface area contributed by atoms with Crippen LogP contribution >= 0.6 is 0 Å². The third kappa shape index (κ3) is 1.43. The molecular weight excluding hydrogens is 133 g/mol. The Bertz CT molecular complexity index is 300. The first-order chi connectivity index (χ1) is 5.15. The molecule has 0 aliphatic carbocycles. The van der Waals surface area contributed by atoms with Crippen LogP contribution in [-0.2, 0) is 0 Å². The average Bonchev–Trinajstić information content (AvgIpc) is 1.99. The van der Waals surface area contributed by atoms with Crippen molar-refractivity contribution >= 4 is 13.3 Å². The second kappa shape index (κ2) is 2.80. The van der Waals surface area contributed by atoms with E-state index in [1.54, 1.807) is 12.1 Å². The summed E-state index contributed by atoms with van der Waals surface area (Å²) >= 11 is 0. The fourth-order valence-electron chi connectivity index (χ4n) is 1.04. The van der Waals surface area contributed by atoms with E-state index in [2.05, 4.69) is 6.07 Å². The van der Waals surface area contributed by atoms with E-state index in [9.17, 15) is 0 Å². The maximum atomic E-state index is 8.59. The summed E-state index contributed by atoms with van der Waals surface area (Å²) in [5, 5.41) is 8.59. The minimum atomic E-state index is 0.675. The molecule has 0 heterocycles. The molecule has 0 saturated heterocycles. The highest BCUT2D eigenvalue weighted by atomic mass is 14.2. The van der Waals surface area contributed by atoms with Crippen molar-refractivity contribution < 1.29 is 0 Å². The standard InChI is InChI=1S/C9H8BN/c1-6-3-8(5-11)4-7(2)9(6)10/h3-4H,1-2H3. The maximum Gasteiger partial charge on any atom is 0.114 e.